The highest BCUT2D eigenvalue weighted by atomic mass is 15.3. The summed E-state index contributed by atoms with van der Waals surface area (Å²) in [4.78, 5) is 14.0. The van der Waals surface area contributed by atoms with E-state index in [2.05, 4.69) is 47.6 Å². The average molecular weight is 309 g/mol. The molecule has 1 fully saturated rings. The van der Waals surface area contributed by atoms with Crippen molar-refractivity contribution in [2.24, 2.45) is 0 Å². The minimum absolute atomic E-state index is 0.515. The summed E-state index contributed by atoms with van der Waals surface area (Å²) in [7, 11) is 2.18. The zero-order valence-electron chi connectivity index (χ0n) is 16.2. The zero-order chi connectivity index (χ0) is 17.3. The molecule has 0 radical (unpaired) electrons. The van der Waals surface area contributed by atoms with Crippen LogP contribution in [0, 0.1) is 13.8 Å². The molecule has 4 heteroatoms. The van der Waals surface area contributed by atoms with Crippen LogP contribution in [0.15, 0.2) is 0 Å². The van der Waals surface area contributed by atoms with Gasteiger partial charge < -0.3 is 9.80 Å². The van der Waals surface area contributed by atoms with E-state index in [0.29, 0.717) is 6.04 Å². The lowest BCUT2D eigenvalue weighted by Gasteiger charge is -2.39. The summed E-state index contributed by atoms with van der Waals surface area (Å²) in [6.07, 6.45) is 0.977. The normalized spacial score (nSPS) is 18.0. The molecule has 0 aliphatic carbocycles. The second kappa shape index (κ2) is 10.5. The van der Waals surface area contributed by atoms with Crippen LogP contribution < -0.4 is 4.90 Å². The number of hydrogen-bond acceptors (Lipinski definition) is 4. The third kappa shape index (κ3) is 5.24. The van der Waals surface area contributed by atoms with E-state index in [9.17, 15) is 0 Å². The van der Waals surface area contributed by atoms with Crippen LogP contribution in [-0.2, 0) is 6.42 Å². The molecule has 1 saturated heterocycles. The van der Waals surface area contributed by atoms with Crippen LogP contribution >= 0.6 is 0 Å². The maximum Gasteiger partial charge on any atom is 0.135 e. The zero-order valence-corrected chi connectivity index (χ0v) is 16.2. The lowest BCUT2D eigenvalue weighted by atomic mass is 10.1. The predicted octanol–water partition coefficient (Wildman–Crippen LogP) is 3.85. The fourth-order valence-corrected chi connectivity index (χ4v) is 2.75. The van der Waals surface area contributed by atoms with Gasteiger partial charge in [-0.1, -0.05) is 34.6 Å². The second-order valence-electron chi connectivity index (χ2n) is 5.32. The molecule has 128 valence electrons. The van der Waals surface area contributed by atoms with Gasteiger partial charge in [-0.25, -0.2) is 9.97 Å². The second-order valence-corrected chi connectivity index (χ2v) is 5.32. The molecule has 1 unspecified atom stereocenters. The molecule has 0 bridgehead atoms. The van der Waals surface area contributed by atoms with Gasteiger partial charge >= 0.3 is 0 Å². The largest absolute Gasteiger partial charge is 0.351 e. The van der Waals surface area contributed by atoms with Crippen LogP contribution in [0.4, 0.5) is 5.82 Å². The number of hydrogen-bond donors (Lipinski definition) is 0. The number of anilines is 1. The number of piperazine rings is 1. The van der Waals surface area contributed by atoms with Gasteiger partial charge in [0.1, 0.15) is 11.6 Å². The highest BCUT2D eigenvalue weighted by Gasteiger charge is 2.24. The van der Waals surface area contributed by atoms with Crippen molar-refractivity contribution in [1.82, 2.24) is 14.9 Å². The Hall–Kier alpha value is -1.16. The van der Waals surface area contributed by atoms with Gasteiger partial charge in [0.15, 0.2) is 0 Å². The van der Waals surface area contributed by atoms with Gasteiger partial charge in [0.05, 0.1) is 0 Å². The van der Waals surface area contributed by atoms with Crippen LogP contribution in [0.3, 0.4) is 0 Å². The summed E-state index contributed by atoms with van der Waals surface area (Å²) in [5.41, 5.74) is 2.43. The van der Waals surface area contributed by atoms with E-state index in [0.717, 1.165) is 37.7 Å². The van der Waals surface area contributed by atoms with Crippen molar-refractivity contribution in [1.29, 1.82) is 0 Å². The smallest absolute Gasteiger partial charge is 0.135 e. The maximum absolute atomic E-state index is 4.68. The Morgan fingerprint density at radius 1 is 1.05 bits per heavy atom. The Morgan fingerprint density at radius 3 is 2.14 bits per heavy atom. The first-order valence-corrected chi connectivity index (χ1v) is 8.82. The van der Waals surface area contributed by atoms with Crippen LogP contribution in [0.5, 0.6) is 0 Å². The van der Waals surface area contributed by atoms with Gasteiger partial charge in [-0.05, 0) is 34.2 Å². The van der Waals surface area contributed by atoms with Crippen molar-refractivity contribution in [2.45, 2.75) is 67.9 Å². The first kappa shape index (κ1) is 20.8. The van der Waals surface area contributed by atoms with Crippen LogP contribution in [0.2, 0.25) is 0 Å². The Balaban J connectivity index is 0.00000102. The van der Waals surface area contributed by atoms with Gasteiger partial charge in [-0.2, -0.15) is 0 Å². The Kier molecular flexibility index (Phi) is 9.99. The van der Waals surface area contributed by atoms with Gasteiger partial charge in [0.25, 0.3) is 0 Å². The van der Waals surface area contributed by atoms with E-state index in [1.807, 2.05) is 34.6 Å². The third-order valence-corrected chi connectivity index (χ3v) is 3.77. The molecule has 22 heavy (non-hydrogen) atoms. The first-order chi connectivity index (χ1) is 10.5. The monoisotopic (exact) mass is 308 g/mol. The molecule has 4 nitrogen and oxygen atoms in total. The summed E-state index contributed by atoms with van der Waals surface area (Å²) in [6.45, 7) is 19.8. The van der Waals surface area contributed by atoms with Crippen molar-refractivity contribution in [3.05, 3.63) is 17.1 Å². The van der Waals surface area contributed by atoms with Crippen LogP contribution in [0.1, 0.15) is 58.6 Å². The molecule has 0 amide bonds. The lowest BCUT2D eigenvalue weighted by Crippen LogP contribution is -2.51. The molecule has 1 aliphatic heterocycles. The molecular weight excluding hydrogens is 272 g/mol. The Morgan fingerprint density at radius 2 is 1.64 bits per heavy atom. The molecule has 1 aromatic rings. The first-order valence-electron chi connectivity index (χ1n) is 8.82. The van der Waals surface area contributed by atoms with E-state index in [1.165, 1.54) is 11.3 Å². The predicted molar refractivity (Wildman–Crippen MR) is 97.9 cm³/mol. The van der Waals surface area contributed by atoms with Crippen molar-refractivity contribution in [3.63, 3.8) is 0 Å². The fraction of sp³-hybridized carbons (Fsp3) is 0.778. The Labute approximate surface area is 138 Å². The van der Waals surface area contributed by atoms with Gasteiger partial charge in [-0.3, -0.25) is 0 Å². The van der Waals surface area contributed by atoms with Crippen molar-refractivity contribution in [2.75, 3.05) is 31.6 Å². The highest BCUT2D eigenvalue weighted by Crippen LogP contribution is 2.24. The third-order valence-electron chi connectivity index (χ3n) is 3.77. The van der Waals surface area contributed by atoms with Crippen molar-refractivity contribution in [3.8, 4) is 0 Å². The molecule has 0 N–H and O–H groups in total. The van der Waals surface area contributed by atoms with Crippen molar-refractivity contribution < 1.29 is 0 Å². The minimum atomic E-state index is 0.515. The molecular formula is C18H36N4. The Bertz CT molecular complexity index is 431. The van der Waals surface area contributed by atoms with E-state index in [-0.39, 0.29) is 0 Å². The topological polar surface area (TPSA) is 32.3 Å². The summed E-state index contributed by atoms with van der Waals surface area (Å²) < 4.78 is 0. The summed E-state index contributed by atoms with van der Waals surface area (Å²) >= 11 is 0. The molecule has 2 rings (SSSR count). The van der Waals surface area contributed by atoms with Gasteiger partial charge in [-0.15, -0.1) is 0 Å². The fourth-order valence-electron chi connectivity index (χ4n) is 2.75. The van der Waals surface area contributed by atoms with E-state index in [1.54, 1.807) is 0 Å². The van der Waals surface area contributed by atoms with E-state index < -0.39 is 0 Å². The number of aromatic nitrogens is 2. The summed E-state index contributed by atoms with van der Waals surface area (Å²) in [5.74, 6) is 2.03. The van der Waals surface area contributed by atoms with Crippen molar-refractivity contribution >= 4 is 5.82 Å². The maximum atomic E-state index is 4.68. The van der Waals surface area contributed by atoms with E-state index >= 15 is 0 Å². The van der Waals surface area contributed by atoms with E-state index in [4.69, 9.17) is 0 Å². The van der Waals surface area contributed by atoms with Crippen LogP contribution in [0.25, 0.3) is 0 Å². The highest BCUT2D eigenvalue weighted by molar-refractivity contribution is 5.50. The standard InChI is InChI=1S/C14H24N4.2C2H6/c1-6-13-11(3)14(16-12(4)15-13)18-8-7-17(5)9-10(18)2;2*1-2/h10H,6-9H2,1-5H3;2*1-2H3. The molecule has 1 aromatic heterocycles. The number of nitrogens with zero attached hydrogens (tertiary/aromatic N) is 4. The lowest BCUT2D eigenvalue weighted by molar-refractivity contribution is 0.274. The van der Waals surface area contributed by atoms with Crippen LogP contribution in [-0.4, -0.2) is 47.6 Å². The summed E-state index contributed by atoms with van der Waals surface area (Å²) in [5, 5.41) is 0. The molecule has 1 atom stereocenters. The quantitative estimate of drug-likeness (QED) is 0.830. The molecule has 0 spiro atoms. The molecule has 0 aromatic carbocycles. The number of likely N-dealkylation sites (N-methyl/N-ethyl adjacent to an activating group) is 1. The average Bonchev–Trinajstić information content (AvgIpc) is 2.53. The summed E-state index contributed by atoms with van der Waals surface area (Å²) in [6, 6.07) is 0.515. The molecule has 0 saturated carbocycles. The molecule has 2 heterocycles. The van der Waals surface area contributed by atoms with Gasteiger partial charge in [0, 0.05) is 36.9 Å². The number of aryl methyl sites for hydroxylation is 2. The number of rotatable bonds is 2. The molecule has 1 aliphatic rings. The van der Waals surface area contributed by atoms with Gasteiger partial charge in [0.2, 0.25) is 0 Å². The SMILES string of the molecule is CC.CC.CCc1nc(C)nc(N2CCN(C)CC2C)c1C. The minimum Gasteiger partial charge on any atom is -0.351 e.